The topological polar surface area (TPSA) is 38.8 Å². The predicted octanol–water partition coefficient (Wildman–Crippen LogP) is 2.37. The van der Waals surface area contributed by atoms with Crippen LogP contribution in [0.5, 0.6) is 0 Å². The van der Waals surface area contributed by atoms with Crippen molar-refractivity contribution < 1.29 is 14.3 Å². The highest BCUT2D eigenvalue weighted by atomic mass is 16.8. The molecular formula is C17H23NO3. The molecule has 0 saturated carbocycles. The highest BCUT2D eigenvalue weighted by Gasteiger charge is 2.55. The van der Waals surface area contributed by atoms with E-state index in [1.807, 2.05) is 32.0 Å². The average molecular weight is 289 g/mol. The third-order valence-electron chi connectivity index (χ3n) is 4.51. The molecular weight excluding hydrogens is 266 g/mol. The Morgan fingerprint density at radius 2 is 1.86 bits per heavy atom. The second-order valence-electron chi connectivity index (χ2n) is 6.43. The van der Waals surface area contributed by atoms with Crippen LogP contribution in [0.3, 0.4) is 0 Å². The molecule has 2 aliphatic rings. The monoisotopic (exact) mass is 289 g/mol. The van der Waals surface area contributed by atoms with Crippen molar-refractivity contribution in [3.05, 3.63) is 35.9 Å². The summed E-state index contributed by atoms with van der Waals surface area (Å²) in [5.41, 5.74) is 1.25. The van der Waals surface area contributed by atoms with E-state index in [4.69, 9.17) is 9.47 Å². The molecule has 0 amide bonds. The van der Waals surface area contributed by atoms with Crippen molar-refractivity contribution in [2.45, 2.75) is 63.8 Å². The first-order chi connectivity index (χ1) is 10.0. The minimum Gasteiger partial charge on any atom is -0.343 e. The second kappa shape index (κ2) is 5.52. The number of likely N-dealkylation sites (tertiary alicyclic amines) is 1. The highest BCUT2D eigenvalue weighted by Crippen LogP contribution is 2.41. The number of aldehydes is 1. The second-order valence-corrected chi connectivity index (χ2v) is 6.43. The largest absolute Gasteiger partial charge is 0.343 e. The third-order valence-corrected chi connectivity index (χ3v) is 4.51. The normalized spacial score (nSPS) is 34.8. The van der Waals surface area contributed by atoms with Gasteiger partial charge in [0.2, 0.25) is 0 Å². The third kappa shape index (κ3) is 2.76. The molecule has 0 bridgehead atoms. The molecule has 1 aromatic rings. The van der Waals surface area contributed by atoms with Gasteiger partial charge in [-0.05, 0) is 26.3 Å². The zero-order valence-corrected chi connectivity index (χ0v) is 12.9. The molecule has 0 radical (unpaired) electrons. The number of ether oxygens (including phenoxy) is 2. The molecule has 0 aromatic heterocycles. The van der Waals surface area contributed by atoms with Crippen LogP contribution in [0.15, 0.2) is 30.3 Å². The SMILES string of the molecule is C[C@H]1[C@H]2OC(C)(C)O[C@H]2[C@H](CC=O)N1Cc1ccccc1. The number of fused-ring (bicyclic) bond motifs is 1. The van der Waals surface area contributed by atoms with Crippen LogP contribution in [0, 0.1) is 0 Å². The Balaban J connectivity index is 1.82. The Bertz CT molecular complexity index is 502. The molecule has 3 rings (SSSR count). The molecule has 0 N–H and O–H groups in total. The van der Waals surface area contributed by atoms with Crippen LogP contribution in [0.1, 0.15) is 32.8 Å². The molecule has 1 aromatic carbocycles. The van der Waals surface area contributed by atoms with Crippen LogP contribution in [0.2, 0.25) is 0 Å². The minimum atomic E-state index is -0.552. The Morgan fingerprint density at radius 3 is 2.52 bits per heavy atom. The van der Waals surface area contributed by atoms with Gasteiger partial charge in [-0.25, -0.2) is 0 Å². The summed E-state index contributed by atoms with van der Waals surface area (Å²) in [5.74, 6) is -0.552. The number of hydrogen-bond acceptors (Lipinski definition) is 4. The van der Waals surface area contributed by atoms with E-state index in [9.17, 15) is 4.79 Å². The summed E-state index contributed by atoms with van der Waals surface area (Å²) in [6.45, 7) is 6.87. The van der Waals surface area contributed by atoms with Gasteiger partial charge in [-0.15, -0.1) is 0 Å². The number of carbonyl (C=O) groups excluding carboxylic acids is 1. The summed E-state index contributed by atoms with van der Waals surface area (Å²) in [6, 6.07) is 10.7. The maximum absolute atomic E-state index is 11.1. The van der Waals surface area contributed by atoms with Crippen molar-refractivity contribution >= 4 is 6.29 Å². The fraction of sp³-hybridized carbons (Fsp3) is 0.588. The number of carbonyl (C=O) groups is 1. The van der Waals surface area contributed by atoms with Crippen LogP contribution in [-0.4, -0.2) is 41.3 Å². The number of benzene rings is 1. The Kier molecular flexibility index (Phi) is 3.86. The van der Waals surface area contributed by atoms with Crippen LogP contribution in [0.25, 0.3) is 0 Å². The van der Waals surface area contributed by atoms with Gasteiger partial charge in [-0.2, -0.15) is 0 Å². The summed E-state index contributed by atoms with van der Waals surface area (Å²) in [7, 11) is 0. The van der Waals surface area contributed by atoms with Crippen molar-refractivity contribution in [3.8, 4) is 0 Å². The highest BCUT2D eigenvalue weighted by molar-refractivity contribution is 5.51. The minimum absolute atomic E-state index is 0.0242. The lowest BCUT2D eigenvalue weighted by atomic mass is 10.1. The van der Waals surface area contributed by atoms with E-state index < -0.39 is 5.79 Å². The lowest BCUT2D eigenvalue weighted by molar-refractivity contribution is -0.168. The average Bonchev–Trinajstić information content (AvgIpc) is 2.88. The van der Waals surface area contributed by atoms with Crippen molar-refractivity contribution in [1.29, 1.82) is 0 Å². The molecule has 0 aliphatic carbocycles. The van der Waals surface area contributed by atoms with Gasteiger partial charge in [-0.3, -0.25) is 4.90 Å². The van der Waals surface area contributed by atoms with Gasteiger partial charge in [0.1, 0.15) is 18.5 Å². The number of rotatable bonds is 4. The van der Waals surface area contributed by atoms with E-state index >= 15 is 0 Å². The van der Waals surface area contributed by atoms with E-state index in [0.717, 1.165) is 12.8 Å². The zero-order valence-electron chi connectivity index (χ0n) is 12.9. The maximum Gasteiger partial charge on any atom is 0.163 e. The molecule has 2 saturated heterocycles. The fourth-order valence-electron chi connectivity index (χ4n) is 3.59. The summed E-state index contributed by atoms with van der Waals surface area (Å²) in [6.07, 6.45) is 1.49. The molecule has 2 fully saturated rings. The maximum atomic E-state index is 11.1. The smallest absolute Gasteiger partial charge is 0.163 e. The van der Waals surface area contributed by atoms with Crippen LogP contribution < -0.4 is 0 Å². The summed E-state index contributed by atoms with van der Waals surface area (Å²) >= 11 is 0. The van der Waals surface area contributed by atoms with Crippen molar-refractivity contribution in [2.75, 3.05) is 0 Å². The zero-order chi connectivity index (χ0) is 15.0. The van der Waals surface area contributed by atoms with Gasteiger partial charge in [0, 0.05) is 25.0 Å². The van der Waals surface area contributed by atoms with E-state index in [-0.39, 0.29) is 24.3 Å². The molecule has 4 nitrogen and oxygen atoms in total. The van der Waals surface area contributed by atoms with Gasteiger partial charge < -0.3 is 14.3 Å². The molecule has 21 heavy (non-hydrogen) atoms. The van der Waals surface area contributed by atoms with Gasteiger partial charge in [0.15, 0.2) is 5.79 Å². The van der Waals surface area contributed by atoms with Crippen molar-refractivity contribution in [2.24, 2.45) is 0 Å². The summed E-state index contributed by atoms with van der Waals surface area (Å²) in [5, 5.41) is 0. The summed E-state index contributed by atoms with van der Waals surface area (Å²) in [4.78, 5) is 13.4. The molecule has 4 heteroatoms. The predicted molar refractivity (Wildman–Crippen MR) is 79.7 cm³/mol. The lowest BCUT2D eigenvalue weighted by Gasteiger charge is -2.32. The van der Waals surface area contributed by atoms with Gasteiger partial charge in [-0.1, -0.05) is 30.3 Å². The molecule has 0 unspecified atom stereocenters. The molecule has 114 valence electrons. The van der Waals surface area contributed by atoms with Crippen LogP contribution in [0.4, 0.5) is 0 Å². The summed E-state index contributed by atoms with van der Waals surface area (Å²) < 4.78 is 12.1. The van der Waals surface area contributed by atoms with Crippen LogP contribution >= 0.6 is 0 Å². The van der Waals surface area contributed by atoms with Crippen LogP contribution in [-0.2, 0) is 20.8 Å². The van der Waals surface area contributed by atoms with Gasteiger partial charge in [0.05, 0.1) is 0 Å². The Morgan fingerprint density at radius 1 is 1.19 bits per heavy atom. The fourth-order valence-corrected chi connectivity index (χ4v) is 3.59. The lowest BCUT2D eigenvalue weighted by Crippen LogP contribution is -2.41. The molecule has 4 atom stereocenters. The standard InChI is InChI=1S/C17H23NO3/c1-12-15-16(21-17(2,3)20-15)14(9-10-19)18(12)11-13-7-5-4-6-8-13/h4-8,10,12,14-16H,9,11H2,1-3H3/t12-,14-,15+,16-/m0/s1. The first-order valence-corrected chi connectivity index (χ1v) is 7.61. The van der Waals surface area contributed by atoms with E-state index in [1.54, 1.807) is 0 Å². The quantitative estimate of drug-likeness (QED) is 0.798. The van der Waals surface area contributed by atoms with Crippen molar-refractivity contribution in [1.82, 2.24) is 4.90 Å². The molecule has 0 spiro atoms. The first-order valence-electron chi connectivity index (χ1n) is 7.61. The van der Waals surface area contributed by atoms with Crippen molar-refractivity contribution in [3.63, 3.8) is 0 Å². The Labute approximate surface area is 126 Å². The van der Waals surface area contributed by atoms with Gasteiger partial charge >= 0.3 is 0 Å². The number of nitrogens with zero attached hydrogens (tertiary/aromatic N) is 1. The molecule has 2 heterocycles. The molecule has 2 aliphatic heterocycles. The Hall–Kier alpha value is -1.23. The number of hydrogen-bond donors (Lipinski definition) is 0. The van der Waals surface area contributed by atoms with Gasteiger partial charge in [0.25, 0.3) is 0 Å². The first kappa shape index (κ1) is 14.7. The van der Waals surface area contributed by atoms with E-state index in [1.165, 1.54) is 5.56 Å². The van der Waals surface area contributed by atoms with E-state index in [0.29, 0.717) is 6.42 Å². The van der Waals surface area contributed by atoms with E-state index in [2.05, 4.69) is 24.0 Å².